The molecule has 70 valence electrons. The maximum atomic E-state index is 5.60. The van der Waals surface area contributed by atoms with Crippen LogP contribution in [-0.2, 0) is 4.74 Å². The summed E-state index contributed by atoms with van der Waals surface area (Å²) >= 11 is 0. The van der Waals surface area contributed by atoms with Crippen LogP contribution in [0.15, 0.2) is 36.6 Å². The average molecular weight is 202 g/mol. The molecular formula is C12H11OP. The van der Waals surface area contributed by atoms with E-state index >= 15 is 0 Å². The van der Waals surface area contributed by atoms with Crippen LogP contribution in [0.25, 0.3) is 11.4 Å². The summed E-state index contributed by atoms with van der Waals surface area (Å²) in [6.07, 6.45) is 4.98. The van der Waals surface area contributed by atoms with Crippen LogP contribution in [-0.4, -0.2) is 5.85 Å². The second-order valence-electron chi connectivity index (χ2n) is 3.52. The van der Waals surface area contributed by atoms with Gasteiger partial charge < -0.3 is 4.74 Å². The van der Waals surface area contributed by atoms with E-state index in [1.807, 2.05) is 6.26 Å². The first-order chi connectivity index (χ1) is 6.95. The molecule has 0 aliphatic carbocycles. The van der Waals surface area contributed by atoms with E-state index < -0.39 is 0 Å². The average Bonchev–Trinajstić information content (AvgIpc) is 2.29. The lowest BCUT2D eigenvalue weighted by Gasteiger charge is -2.24. The zero-order chi connectivity index (χ0) is 9.38. The molecule has 2 heteroatoms. The highest BCUT2D eigenvalue weighted by Crippen LogP contribution is 2.34. The highest BCUT2D eigenvalue weighted by molar-refractivity contribution is 7.49. The molecule has 1 nitrogen and oxygen atoms in total. The topological polar surface area (TPSA) is 9.23 Å². The van der Waals surface area contributed by atoms with Crippen LogP contribution in [0.4, 0.5) is 0 Å². The van der Waals surface area contributed by atoms with Crippen molar-refractivity contribution < 1.29 is 4.74 Å². The van der Waals surface area contributed by atoms with Crippen LogP contribution in [0.3, 0.4) is 0 Å². The van der Waals surface area contributed by atoms with E-state index in [0.717, 1.165) is 15.0 Å². The van der Waals surface area contributed by atoms with Gasteiger partial charge >= 0.3 is 0 Å². The molecule has 0 bridgehead atoms. The normalized spacial score (nSPS) is 24.9. The molecule has 0 amide bonds. The third-order valence-electron chi connectivity index (χ3n) is 2.66. The fourth-order valence-electron chi connectivity index (χ4n) is 1.97. The number of hydrogen-bond acceptors (Lipinski definition) is 1. The zero-order valence-electron chi connectivity index (χ0n) is 7.73. The molecule has 0 radical (unpaired) electrons. The van der Waals surface area contributed by atoms with E-state index in [9.17, 15) is 0 Å². The number of rotatable bonds is 0. The minimum atomic E-state index is 0.315. The minimum Gasteiger partial charge on any atom is -0.490 e. The third kappa shape index (κ3) is 1.20. The summed E-state index contributed by atoms with van der Waals surface area (Å²) in [4.78, 5) is 0. The SMILES string of the molecule is C1=COC2PC=c3ccccc3=C2C1. The quantitative estimate of drug-likeness (QED) is 0.580. The van der Waals surface area contributed by atoms with Crippen LogP contribution in [0, 0.1) is 0 Å². The van der Waals surface area contributed by atoms with Crippen LogP contribution >= 0.6 is 8.58 Å². The van der Waals surface area contributed by atoms with E-state index in [1.165, 1.54) is 16.0 Å². The molecule has 2 aliphatic heterocycles. The predicted molar refractivity (Wildman–Crippen MR) is 60.5 cm³/mol. The fourth-order valence-corrected chi connectivity index (χ4v) is 3.18. The van der Waals surface area contributed by atoms with Crippen molar-refractivity contribution in [3.63, 3.8) is 0 Å². The van der Waals surface area contributed by atoms with Crippen molar-refractivity contribution in [3.8, 4) is 0 Å². The Morgan fingerprint density at radius 1 is 1.29 bits per heavy atom. The third-order valence-corrected chi connectivity index (χ3v) is 3.93. The molecule has 0 spiro atoms. The van der Waals surface area contributed by atoms with Gasteiger partial charge in [0.15, 0.2) is 0 Å². The van der Waals surface area contributed by atoms with Crippen molar-refractivity contribution in [2.75, 3.05) is 0 Å². The molecule has 0 saturated carbocycles. The summed E-state index contributed by atoms with van der Waals surface area (Å²) in [6.45, 7) is 0. The second kappa shape index (κ2) is 3.25. The molecule has 2 unspecified atom stereocenters. The van der Waals surface area contributed by atoms with Gasteiger partial charge in [-0.1, -0.05) is 30.1 Å². The number of allylic oxidation sites excluding steroid dienone is 1. The maximum Gasteiger partial charge on any atom is 0.139 e. The van der Waals surface area contributed by atoms with Gasteiger partial charge in [0.1, 0.15) is 5.85 Å². The highest BCUT2D eigenvalue weighted by Gasteiger charge is 2.19. The Labute approximate surface area is 84.6 Å². The van der Waals surface area contributed by atoms with Gasteiger partial charge in [-0.05, 0) is 37.1 Å². The molecular weight excluding hydrogens is 191 g/mol. The monoisotopic (exact) mass is 202 g/mol. The number of hydrogen-bond donors (Lipinski definition) is 0. The Morgan fingerprint density at radius 3 is 3.21 bits per heavy atom. The lowest BCUT2D eigenvalue weighted by Crippen LogP contribution is -2.33. The lowest BCUT2D eigenvalue weighted by atomic mass is 10.1. The van der Waals surface area contributed by atoms with E-state index in [-0.39, 0.29) is 0 Å². The lowest BCUT2D eigenvalue weighted by molar-refractivity contribution is 0.254. The Hall–Kier alpha value is -1.07. The molecule has 0 fully saturated rings. The van der Waals surface area contributed by atoms with Crippen molar-refractivity contribution in [1.29, 1.82) is 0 Å². The highest BCUT2D eigenvalue weighted by atomic mass is 31.1. The van der Waals surface area contributed by atoms with Crippen LogP contribution < -0.4 is 10.4 Å². The van der Waals surface area contributed by atoms with E-state index in [1.54, 1.807) is 0 Å². The smallest absolute Gasteiger partial charge is 0.139 e. The summed E-state index contributed by atoms with van der Waals surface area (Å²) in [5.41, 5.74) is 1.45. The summed E-state index contributed by atoms with van der Waals surface area (Å²) in [5, 5.41) is 2.75. The molecule has 0 N–H and O–H groups in total. The van der Waals surface area contributed by atoms with E-state index in [4.69, 9.17) is 4.74 Å². The van der Waals surface area contributed by atoms with Crippen molar-refractivity contribution in [2.24, 2.45) is 0 Å². The van der Waals surface area contributed by atoms with Gasteiger partial charge in [-0.15, -0.1) is 0 Å². The molecule has 0 aromatic heterocycles. The van der Waals surface area contributed by atoms with Gasteiger partial charge in [0.05, 0.1) is 6.26 Å². The molecule has 0 saturated heterocycles. The van der Waals surface area contributed by atoms with Crippen LogP contribution in [0.2, 0.25) is 0 Å². The fraction of sp³-hybridized carbons (Fsp3) is 0.167. The van der Waals surface area contributed by atoms with Crippen molar-refractivity contribution in [1.82, 2.24) is 0 Å². The van der Waals surface area contributed by atoms with Gasteiger partial charge in [-0.2, -0.15) is 0 Å². The molecule has 2 aliphatic rings. The zero-order valence-corrected chi connectivity index (χ0v) is 8.73. The molecule has 2 heterocycles. The summed E-state index contributed by atoms with van der Waals surface area (Å²) in [5.74, 6) is 2.61. The Bertz CT molecular complexity index is 501. The molecule has 3 rings (SSSR count). The van der Waals surface area contributed by atoms with E-state index in [0.29, 0.717) is 5.85 Å². The largest absolute Gasteiger partial charge is 0.490 e. The molecule has 2 atom stereocenters. The van der Waals surface area contributed by atoms with Gasteiger partial charge in [0.25, 0.3) is 0 Å². The first kappa shape index (κ1) is 8.26. The first-order valence-electron chi connectivity index (χ1n) is 4.80. The Kier molecular flexibility index (Phi) is 1.92. The number of ether oxygens (including phenoxy) is 1. The Balaban J connectivity index is 2.33. The standard InChI is InChI=1S/C12H11OP/c1-2-5-10-9(4-1)8-14-12-11(10)6-3-7-13-12/h1-5,7-8,12,14H,6H2. The van der Waals surface area contributed by atoms with E-state index in [2.05, 4.69) is 36.2 Å². The van der Waals surface area contributed by atoms with Gasteiger partial charge in [-0.25, -0.2) is 0 Å². The Morgan fingerprint density at radius 2 is 2.21 bits per heavy atom. The molecule has 1 aromatic carbocycles. The molecule has 14 heavy (non-hydrogen) atoms. The predicted octanol–water partition coefficient (Wildman–Crippen LogP) is 1.53. The van der Waals surface area contributed by atoms with Crippen molar-refractivity contribution >= 4 is 20.0 Å². The van der Waals surface area contributed by atoms with Crippen molar-refractivity contribution in [2.45, 2.75) is 12.3 Å². The number of benzene rings is 1. The summed E-state index contributed by atoms with van der Waals surface area (Å²) in [6, 6.07) is 8.58. The molecule has 1 aromatic rings. The minimum absolute atomic E-state index is 0.315. The first-order valence-corrected chi connectivity index (χ1v) is 5.95. The van der Waals surface area contributed by atoms with Gasteiger partial charge in [0.2, 0.25) is 0 Å². The van der Waals surface area contributed by atoms with Crippen LogP contribution in [0.1, 0.15) is 6.42 Å². The van der Waals surface area contributed by atoms with Crippen molar-refractivity contribution in [3.05, 3.63) is 47.0 Å². The number of fused-ring (bicyclic) bond motifs is 2. The second-order valence-corrected chi connectivity index (χ2v) is 4.66. The summed E-state index contributed by atoms with van der Waals surface area (Å²) in [7, 11) is 0.763. The summed E-state index contributed by atoms with van der Waals surface area (Å²) < 4.78 is 5.60. The van der Waals surface area contributed by atoms with Gasteiger partial charge in [-0.3, -0.25) is 0 Å². The maximum absolute atomic E-state index is 5.60. The van der Waals surface area contributed by atoms with Crippen LogP contribution in [0.5, 0.6) is 0 Å². The van der Waals surface area contributed by atoms with Gasteiger partial charge in [0, 0.05) is 0 Å².